The van der Waals surface area contributed by atoms with Crippen LogP contribution in [0, 0.1) is 6.92 Å². The Morgan fingerprint density at radius 3 is 2.87 bits per heavy atom. The maximum atomic E-state index is 10.9. The van der Waals surface area contributed by atoms with Crippen LogP contribution in [0.4, 0.5) is 23.1 Å². The summed E-state index contributed by atoms with van der Waals surface area (Å²) in [4.78, 5) is 8.91. The fraction of sp³-hybridized carbons (Fsp3) is 0.105. The summed E-state index contributed by atoms with van der Waals surface area (Å²) in [6.07, 6.45) is 1.71. The zero-order chi connectivity index (χ0) is 21.1. The first-order valence-corrected chi connectivity index (χ1v) is 10.4. The number of aromatic nitrogens is 4. The second-order valence-corrected chi connectivity index (χ2v) is 7.64. The molecule has 0 aliphatic heterocycles. The number of nitrogens with one attached hydrogen (secondary N) is 4. The predicted molar refractivity (Wildman–Crippen MR) is 118 cm³/mol. The minimum atomic E-state index is -2.09. The summed E-state index contributed by atoms with van der Waals surface area (Å²) in [5.74, 6) is 1.03. The number of nitrogens with zero attached hydrogens (tertiary/aromatic N) is 3. The van der Waals surface area contributed by atoms with E-state index in [0.29, 0.717) is 16.9 Å². The monoisotopic (exact) mass is 443 g/mol. The molecule has 4 rings (SSSR count). The molecule has 0 amide bonds. The first-order valence-electron chi connectivity index (χ1n) is 8.93. The largest absolute Gasteiger partial charge is 0.340 e. The summed E-state index contributed by atoms with van der Waals surface area (Å²) in [5, 5.41) is 14.7. The zero-order valence-electron chi connectivity index (χ0n) is 15.8. The smallest absolute Gasteiger partial charge is 0.232 e. The molecular weight excluding hydrogens is 426 g/mol. The number of para-hydroxylation sites is 1. The van der Waals surface area contributed by atoms with Gasteiger partial charge in [0.2, 0.25) is 17.2 Å². The Morgan fingerprint density at radius 1 is 1.20 bits per heavy atom. The standard InChI is InChI=1S/C19H18ClN7O2S/c1-11-9-21-19(23-13-6-7-14-16(8-13)26-27-17(14)20)25-18(11)24-15-5-3-2-4-12(15)10-22-30(28)29/h2-9,22H,10H2,1H3,(H,26,27)(H,28,29)(H2,21,23,24,25). The molecule has 0 saturated carbocycles. The number of hydrogen-bond donors (Lipinski definition) is 5. The van der Waals surface area contributed by atoms with Crippen molar-refractivity contribution in [3.05, 3.63) is 64.9 Å². The van der Waals surface area contributed by atoms with Gasteiger partial charge in [0.25, 0.3) is 0 Å². The van der Waals surface area contributed by atoms with Crippen LogP contribution in [0.5, 0.6) is 0 Å². The van der Waals surface area contributed by atoms with Crippen LogP contribution < -0.4 is 15.4 Å². The van der Waals surface area contributed by atoms with E-state index < -0.39 is 11.3 Å². The Hall–Kier alpha value is -3.05. The van der Waals surface area contributed by atoms with Gasteiger partial charge in [0.1, 0.15) is 11.0 Å². The average molecular weight is 444 g/mol. The molecule has 1 atom stereocenters. The molecule has 0 bridgehead atoms. The van der Waals surface area contributed by atoms with E-state index in [-0.39, 0.29) is 6.54 Å². The maximum absolute atomic E-state index is 10.9. The van der Waals surface area contributed by atoms with Crippen molar-refractivity contribution in [3.8, 4) is 0 Å². The van der Waals surface area contributed by atoms with Crippen molar-refractivity contribution in [2.75, 3.05) is 10.6 Å². The number of benzene rings is 2. The number of rotatable bonds is 7. The van der Waals surface area contributed by atoms with Crippen molar-refractivity contribution in [1.82, 2.24) is 24.9 Å². The van der Waals surface area contributed by atoms with Crippen LogP contribution in [-0.4, -0.2) is 28.9 Å². The fourth-order valence-corrected chi connectivity index (χ4v) is 3.36. The van der Waals surface area contributed by atoms with Crippen LogP contribution in [0.2, 0.25) is 5.15 Å². The molecule has 0 saturated heterocycles. The molecular formula is C19H18ClN7O2S. The average Bonchev–Trinajstić information content (AvgIpc) is 3.10. The maximum Gasteiger partial charge on any atom is 0.232 e. The number of fused-ring (bicyclic) bond motifs is 1. The van der Waals surface area contributed by atoms with Gasteiger partial charge in [-0.15, -0.1) is 0 Å². The van der Waals surface area contributed by atoms with Crippen molar-refractivity contribution in [2.24, 2.45) is 0 Å². The van der Waals surface area contributed by atoms with E-state index >= 15 is 0 Å². The molecule has 1 unspecified atom stereocenters. The number of H-pyrrole nitrogens is 1. The number of aryl methyl sites for hydroxylation is 1. The van der Waals surface area contributed by atoms with Crippen molar-refractivity contribution >= 4 is 56.9 Å². The lowest BCUT2D eigenvalue weighted by Gasteiger charge is -2.14. The van der Waals surface area contributed by atoms with Gasteiger partial charge in [-0.3, -0.25) is 9.65 Å². The molecule has 2 aromatic heterocycles. The summed E-state index contributed by atoms with van der Waals surface area (Å²) < 4.78 is 22.4. The number of anilines is 4. The van der Waals surface area contributed by atoms with Crippen molar-refractivity contribution in [1.29, 1.82) is 0 Å². The van der Waals surface area contributed by atoms with E-state index in [1.165, 1.54) is 0 Å². The molecule has 4 aromatic rings. The summed E-state index contributed by atoms with van der Waals surface area (Å²) >= 11 is 3.96. The van der Waals surface area contributed by atoms with Gasteiger partial charge in [0.15, 0.2) is 0 Å². The number of aromatic amines is 1. The Labute approximate surface area is 179 Å². The van der Waals surface area contributed by atoms with Crippen LogP contribution in [-0.2, 0) is 17.8 Å². The molecule has 5 N–H and O–H groups in total. The van der Waals surface area contributed by atoms with Gasteiger partial charge < -0.3 is 10.6 Å². The molecule has 154 valence electrons. The third kappa shape index (κ3) is 4.57. The summed E-state index contributed by atoms with van der Waals surface area (Å²) in [6, 6.07) is 13.1. The second-order valence-electron chi connectivity index (χ2n) is 6.47. The molecule has 9 nitrogen and oxygen atoms in total. The lowest BCUT2D eigenvalue weighted by atomic mass is 10.1. The summed E-state index contributed by atoms with van der Waals surface area (Å²) in [5.41, 5.74) is 3.96. The lowest BCUT2D eigenvalue weighted by Crippen LogP contribution is -2.16. The van der Waals surface area contributed by atoms with Gasteiger partial charge >= 0.3 is 0 Å². The van der Waals surface area contributed by atoms with Crippen LogP contribution in [0.15, 0.2) is 48.7 Å². The lowest BCUT2D eigenvalue weighted by molar-refractivity contribution is 0.549. The molecule has 0 aliphatic carbocycles. The highest BCUT2D eigenvalue weighted by molar-refractivity contribution is 7.77. The van der Waals surface area contributed by atoms with E-state index in [1.54, 1.807) is 6.20 Å². The van der Waals surface area contributed by atoms with Crippen LogP contribution in [0.3, 0.4) is 0 Å². The highest BCUT2D eigenvalue weighted by atomic mass is 35.5. The fourth-order valence-electron chi connectivity index (χ4n) is 2.88. The normalized spacial score (nSPS) is 12.1. The molecule has 0 fully saturated rings. The minimum absolute atomic E-state index is 0.230. The topological polar surface area (TPSA) is 128 Å². The predicted octanol–water partition coefficient (Wildman–Crippen LogP) is 4.03. The van der Waals surface area contributed by atoms with Gasteiger partial charge in [-0.1, -0.05) is 29.8 Å². The highest BCUT2D eigenvalue weighted by Crippen LogP contribution is 2.26. The van der Waals surface area contributed by atoms with E-state index in [0.717, 1.165) is 33.4 Å². The van der Waals surface area contributed by atoms with Gasteiger partial charge in [-0.2, -0.15) is 10.1 Å². The third-order valence-corrected chi connectivity index (χ3v) is 5.07. The van der Waals surface area contributed by atoms with Crippen molar-refractivity contribution < 1.29 is 8.76 Å². The second kappa shape index (κ2) is 8.76. The number of hydrogen-bond acceptors (Lipinski definition) is 6. The van der Waals surface area contributed by atoms with Gasteiger partial charge in [0.05, 0.1) is 5.52 Å². The zero-order valence-corrected chi connectivity index (χ0v) is 17.4. The van der Waals surface area contributed by atoms with Crippen LogP contribution in [0.1, 0.15) is 11.1 Å². The molecule has 0 spiro atoms. The van der Waals surface area contributed by atoms with Gasteiger partial charge in [-0.05, 0) is 36.8 Å². The van der Waals surface area contributed by atoms with E-state index in [1.807, 2.05) is 49.4 Å². The van der Waals surface area contributed by atoms with E-state index in [9.17, 15) is 4.21 Å². The first-order chi connectivity index (χ1) is 14.5. The van der Waals surface area contributed by atoms with Crippen molar-refractivity contribution in [3.63, 3.8) is 0 Å². The van der Waals surface area contributed by atoms with Crippen LogP contribution in [0.25, 0.3) is 10.9 Å². The Balaban J connectivity index is 1.57. The number of halogens is 1. The molecule has 2 heterocycles. The van der Waals surface area contributed by atoms with Gasteiger partial charge in [-0.25, -0.2) is 13.9 Å². The van der Waals surface area contributed by atoms with Gasteiger partial charge in [0, 0.05) is 35.1 Å². The third-order valence-electron chi connectivity index (χ3n) is 4.39. The molecule has 30 heavy (non-hydrogen) atoms. The molecule has 0 radical (unpaired) electrons. The highest BCUT2D eigenvalue weighted by Gasteiger charge is 2.09. The quantitative estimate of drug-likeness (QED) is 0.273. The Kier molecular flexibility index (Phi) is 5.91. The summed E-state index contributed by atoms with van der Waals surface area (Å²) in [7, 11) is 0. The van der Waals surface area contributed by atoms with E-state index in [4.69, 9.17) is 16.2 Å². The van der Waals surface area contributed by atoms with E-state index in [2.05, 4.69) is 35.5 Å². The molecule has 2 aromatic carbocycles. The molecule has 11 heteroatoms. The molecule has 0 aliphatic rings. The summed E-state index contributed by atoms with van der Waals surface area (Å²) in [6.45, 7) is 2.13. The van der Waals surface area contributed by atoms with Crippen molar-refractivity contribution in [2.45, 2.75) is 13.5 Å². The SMILES string of the molecule is Cc1cnc(Nc2ccc3c(Cl)[nH]nc3c2)nc1Nc1ccccc1CNS(=O)O. The van der Waals surface area contributed by atoms with Crippen LogP contribution >= 0.6 is 11.6 Å². The Morgan fingerprint density at radius 2 is 2.03 bits per heavy atom. The Bertz CT molecular complexity index is 1230. The first kappa shape index (κ1) is 20.2. The minimum Gasteiger partial charge on any atom is -0.340 e.